The lowest BCUT2D eigenvalue weighted by atomic mass is 10.2. The first-order chi connectivity index (χ1) is 13.3. The Bertz CT molecular complexity index is 1220. The molecule has 10 heteroatoms. The van der Waals surface area contributed by atoms with Gasteiger partial charge in [0.25, 0.3) is 5.56 Å². The molecule has 2 N–H and O–H groups in total. The van der Waals surface area contributed by atoms with Crippen molar-refractivity contribution in [2.45, 2.75) is 44.7 Å². The average Bonchev–Trinajstić information content (AvgIpc) is 3.14. The summed E-state index contributed by atoms with van der Waals surface area (Å²) in [7, 11) is -2.20. The Balaban J connectivity index is 2.19. The first-order valence-corrected chi connectivity index (χ1v) is 10.6. The van der Waals surface area contributed by atoms with Crippen LogP contribution in [0.25, 0.3) is 22.6 Å². The lowest BCUT2D eigenvalue weighted by Gasteiger charge is -2.09. The molecule has 2 heterocycles. The number of H-pyrrole nitrogens is 1. The van der Waals surface area contributed by atoms with Crippen molar-refractivity contribution in [3.8, 4) is 11.4 Å². The third-order valence-corrected chi connectivity index (χ3v) is 5.89. The number of aromatic amines is 1. The molecule has 3 aromatic rings. The smallest absolute Gasteiger partial charge is 0.332 e. The fraction of sp³-hybridized carbons (Fsp3) is 0.389. The maximum Gasteiger partial charge on any atom is 0.332 e. The lowest BCUT2D eigenvalue weighted by Crippen LogP contribution is -2.40. The molecule has 0 aliphatic heterocycles. The van der Waals surface area contributed by atoms with Gasteiger partial charge in [0.05, 0.1) is 4.90 Å². The SMILES string of the molecule is CCCn1c(=O)c2[nH]c(-c3ccc(S(=O)(=O)NC)cc3)nc2n(CCC)c1=O. The van der Waals surface area contributed by atoms with E-state index in [1.807, 2.05) is 13.8 Å². The zero-order valence-corrected chi connectivity index (χ0v) is 16.8. The second kappa shape index (κ2) is 7.72. The van der Waals surface area contributed by atoms with E-state index in [4.69, 9.17) is 0 Å². The van der Waals surface area contributed by atoms with Crippen LogP contribution in [0.4, 0.5) is 0 Å². The summed E-state index contributed by atoms with van der Waals surface area (Å²) in [5, 5.41) is 0. The van der Waals surface area contributed by atoms with Gasteiger partial charge in [-0.05, 0) is 44.2 Å². The van der Waals surface area contributed by atoms with Gasteiger partial charge in [-0.3, -0.25) is 13.9 Å². The van der Waals surface area contributed by atoms with Gasteiger partial charge < -0.3 is 4.98 Å². The first-order valence-electron chi connectivity index (χ1n) is 9.11. The minimum Gasteiger partial charge on any atom is -0.332 e. The molecule has 0 aliphatic rings. The van der Waals surface area contributed by atoms with Gasteiger partial charge in [0.1, 0.15) is 11.3 Å². The first kappa shape index (κ1) is 20.0. The molecule has 0 unspecified atom stereocenters. The minimum atomic E-state index is -3.54. The fourth-order valence-electron chi connectivity index (χ4n) is 3.06. The van der Waals surface area contributed by atoms with Crippen LogP contribution in [0.1, 0.15) is 26.7 Å². The zero-order chi connectivity index (χ0) is 20.5. The van der Waals surface area contributed by atoms with E-state index in [2.05, 4.69) is 14.7 Å². The monoisotopic (exact) mass is 405 g/mol. The molecule has 0 bridgehead atoms. The summed E-state index contributed by atoms with van der Waals surface area (Å²) in [5.74, 6) is 0.402. The van der Waals surface area contributed by atoms with Gasteiger partial charge in [-0.2, -0.15) is 0 Å². The minimum absolute atomic E-state index is 0.128. The van der Waals surface area contributed by atoms with Crippen molar-refractivity contribution in [1.29, 1.82) is 0 Å². The molecule has 0 saturated carbocycles. The quantitative estimate of drug-likeness (QED) is 0.614. The average molecular weight is 405 g/mol. The van der Waals surface area contributed by atoms with E-state index in [-0.39, 0.29) is 16.1 Å². The maximum atomic E-state index is 12.8. The standard InChI is InChI=1S/C18H23N5O4S/c1-4-10-22-16-14(17(24)23(11-5-2)18(22)25)20-15(21-16)12-6-8-13(9-7-12)28(26,27)19-3/h6-9,19H,4-5,10-11H2,1-3H3,(H,20,21). The van der Waals surface area contributed by atoms with Crippen molar-refractivity contribution in [3.05, 3.63) is 45.1 Å². The Labute approximate surface area is 162 Å². The van der Waals surface area contributed by atoms with Crippen LogP contribution in [0.2, 0.25) is 0 Å². The van der Waals surface area contributed by atoms with Gasteiger partial charge in [-0.1, -0.05) is 13.8 Å². The van der Waals surface area contributed by atoms with Crippen LogP contribution in [-0.2, 0) is 23.1 Å². The number of hydrogen-bond donors (Lipinski definition) is 2. The van der Waals surface area contributed by atoms with Crippen LogP contribution in [0.5, 0.6) is 0 Å². The third kappa shape index (κ3) is 3.40. The van der Waals surface area contributed by atoms with E-state index in [1.54, 1.807) is 12.1 Å². The molecule has 0 amide bonds. The van der Waals surface area contributed by atoms with E-state index in [1.165, 1.54) is 28.3 Å². The number of sulfonamides is 1. The molecule has 2 aromatic heterocycles. The highest BCUT2D eigenvalue weighted by Gasteiger charge is 2.18. The van der Waals surface area contributed by atoms with Gasteiger partial charge in [-0.15, -0.1) is 0 Å². The van der Waals surface area contributed by atoms with Gasteiger partial charge in [0.2, 0.25) is 10.0 Å². The molecule has 28 heavy (non-hydrogen) atoms. The molecule has 0 aliphatic carbocycles. The highest BCUT2D eigenvalue weighted by Crippen LogP contribution is 2.20. The second-order valence-electron chi connectivity index (χ2n) is 6.41. The van der Waals surface area contributed by atoms with E-state index in [0.717, 1.165) is 6.42 Å². The maximum absolute atomic E-state index is 12.8. The van der Waals surface area contributed by atoms with Gasteiger partial charge in [-0.25, -0.2) is 22.9 Å². The largest absolute Gasteiger partial charge is 0.332 e. The number of rotatable bonds is 7. The van der Waals surface area contributed by atoms with Crippen LogP contribution in [0.3, 0.4) is 0 Å². The highest BCUT2D eigenvalue weighted by molar-refractivity contribution is 7.89. The number of fused-ring (bicyclic) bond motifs is 1. The number of aromatic nitrogens is 4. The van der Waals surface area contributed by atoms with Crippen LogP contribution >= 0.6 is 0 Å². The second-order valence-corrected chi connectivity index (χ2v) is 8.29. The number of nitrogens with one attached hydrogen (secondary N) is 2. The predicted octanol–water partition coefficient (Wildman–Crippen LogP) is 1.28. The van der Waals surface area contributed by atoms with E-state index < -0.39 is 15.6 Å². The molecule has 0 atom stereocenters. The van der Waals surface area contributed by atoms with Crippen LogP contribution in [0.15, 0.2) is 38.8 Å². The molecule has 150 valence electrons. The summed E-state index contributed by atoms with van der Waals surface area (Å²) in [4.78, 5) is 33.1. The van der Waals surface area contributed by atoms with E-state index in [9.17, 15) is 18.0 Å². The number of benzene rings is 1. The molecule has 0 radical (unpaired) electrons. The van der Waals surface area contributed by atoms with E-state index >= 15 is 0 Å². The summed E-state index contributed by atoms with van der Waals surface area (Å²) >= 11 is 0. The molecular formula is C18H23N5O4S. The molecule has 0 saturated heterocycles. The van der Waals surface area contributed by atoms with Crippen LogP contribution < -0.4 is 16.0 Å². The Kier molecular flexibility index (Phi) is 5.52. The van der Waals surface area contributed by atoms with Gasteiger partial charge >= 0.3 is 5.69 Å². The summed E-state index contributed by atoms with van der Waals surface area (Å²) in [6.07, 6.45) is 1.38. The topological polar surface area (TPSA) is 119 Å². The molecule has 3 rings (SSSR count). The molecular weight excluding hydrogens is 382 g/mol. The Morgan fingerprint density at radius 2 is 1.64 bits per heavy atom. The van der Waals surface area contributed by atoms with Crippen molar-refractivity contribution < 1.29 is 8.42 Å². The van der Waals surface area contributed by atoms with Crippen molar-refractivity contribution in [2.75, 3.05) is 7.05 Å². The number of imidazole rings is 1. The van der Waals surface area contributed by atoms with Crippen molar-refractivity contribution >= 4 is 21.2 Å². The summed E-state index contributed by atoms with van der Waals surface area (Å²) in [5.41, 5.74) is 0.426. The number of nitrogens with zero attached hydrogens (tertiary/aromatic N) is 3. The Morgan fingerprint density at radius 3 is 2.21 bits per heavy atom. The predicted molar refractivity (Wildman–Crippen MR) is 107 cm³/mol. The van der Waals surface area contributed by atoms with Crippen LogP contribution in [-0.4, -0.2) is 34.6 Å². The van der Waals surface area contributed by atoms with Crippen molar-refractivity contribution in [2.24, 2.45) is 0 Å². The van der Waals surface area contributed by atoms with Crippen LogP contribution in [0, 0.1) is 0 Å². The molecule has 0 fully saturated rings. The lowest BCUT2D eigenvalue weighted by molar-refractivity contribution is 0.555. The summed E-state index contributed by atoms with van der Waals surface area (Å²) < 4.78 is 28.7. The summed E-state index contributed by atoms with van der Waals surface area (Å²) in [6, 6.07) is 6.13. The Hall–Kier alpha value is -2.72. The van der Waals surface area contributed by atoms with Gasteiger partial charge in [0.15, 0.2) is 5.65 Å². The van der Waals surface area contributed by atoms with Crippen molar-refractivity contribution in [3.63, 3.8) is 0 Å². The molecule has 1 aromatic carbocycles. The normalized spacial score (nSPS) is 12.0. The number of aryl methyl sites for hydroxylation is 1. The number of hydrogen-bond acceptors (Lipinski definition) is 5. The fourth-order valence-corrected chi connectivity index (χ4v) is 3.79. The van der Waals surface area contributed by atoms with E-state index in [0.29, 0.717) is 36.5 Å². The van der Waals surface area contributed by atoms with Gasteiger partial charge in [0, 0.05) is 18.7 Å². The highest BCUT2D eigenvalue weighted by atomic mass is 32.2. The Morgan fingerprint density at radius 1 is 1.04 bits per heavy atom. The molecule has 9 nitrogen and oxygen atoms in total. The summed E-state index contributed by atoms with van der Waals surface area (Å²) in [6.45, 7) is 4.63. The zero-order valence-electron chi connectivity index (χ0n) is 16.0. The molecule has 0 spiro atoms. The third-order valence-electron chi connectivity index (χ3n) is 4.46. The van der Waals surface area contributed by atoms with Crippen molar-refractivity contribution in [1.82, 2.24) is 23.8 Å².